The zero-order valence-corrected chi connectivity index (χ0v) is 18.9. The second-order valence-electron chi connectivity index (χ2n) is 10.1. The molecule has 6 rings (SSSR count). The average Bonchev–Trinajstić information content (AvgIpc) is 3.26. The number of benzene rings is 2. The molecule has 6 heteroatoms. The highest BCUT2D eigenvalue weighted by Crippen LogP contribution is 2.48. The van der Waals surface area contributed by atoms with E-state index < -0.39 is 5.60 Å². The van der Waals surface area contributed by atoms with Crippen LogP contribution in [0.3, 0.4) is 0 Å². The number of hydrogen-bond donors (Lipinski definition) is 2. The van der Waals surface area contributed by atoms with Crippen molar-refractivity contribution in [3.63, 3.8) is 0 Å². The molecular formula is C27H32N2O4. The van der Waals surface area contributed by atoms with Crippen LogP contribution in [0.25, 0.3) is 0 Å². The molecule has 2 aliphatic carbocycles. The maximum absolute atomic E-state index is 13.4. The van der Waals surface area contributed by atoms with E-state index in [0.717, 1.165) is 62.4 Å². The molecular weight excluding hydrogens is 416 g/mol. The van der Waals surface area contributed by atoms with E-state index in [2.05, 4.69) is 22.3 Å². The molecule has 2 N–H and O–H groups in total. The van der Waals surface area contributed by atoms with Crippen LogP contribution >= 0.6 is 0 Å². The van der Waals surface area contributed by atoms with E-state index in [1.165, 1.54) is 5.56 Å². The number of amides is 1. The van der Waals surface area contributed by atoms with Gasteiger partial charge in [0.05, 0.1) is 0 Å². The molecule has 2 aliphatic heterocycles. The molecule has 1 saturated heterocycles. The molecule has 4 atom stereocenters. The summed E-state index contributed by atoms with van der Waals surface area (Å²) in [5.74, 6) is 2.37. The third-order valence-electron chi connectivity index (χ3n) is 8.09. The Morgan fingerprint density at radius 2 is 1.70 bits per heavy atom. The Morgan fingerprint density at radius 3 is 2.42 bits per heavy atom. The molecule has 0 radical (unpaired) electrons. The van der Waals surface area contributed by atoms with Crippen molar-refractivity contribution in [2.24, 2.45) is 17.8 Å². The third-order valence-corrected chi connectivity index (χ3v) is 8.09. The van der Waals surface area contributed by atoms with Crippen molar-refractivity contribution < 1.29 is 19.4 Å². The minimum atomic E-state index is -1.43. The first kappa shape index (κ1) is 21.0. The fourth-order valence-electron chi connectivity index (χ4n) is 6.25. The van der Waals surface area contributed by atoms with Crippen LogP contribution in [0.1, 0.15) is 36.8 Å². The van der Waals surface area contributed by atoms with Gasteiger partial charge < -0.3 is 19.9 Å². The molecule has 2 heterocycles. The Balaban J connectivity index is 1.08. The number of likely N-dealkylation sites (tertiary alicyclic amines) is 1. The van der Waals surface area contributed by atoms with Gasteiger partial charge in [-0.3, -0.25) is 9.69 Å². The van der Waals surface area contributed by atoms with Gasteiger partial charge in [-0.2, -0.15) is 0 Å². The lowest BCUT2D eigenvalue weighted by Crippen LogP contribution is -2.50. The monoisotopic (exact) mass is 448 g/mol. The highest BCUT2D eigenvalue weighted by molar-refractivity contribution is 5.87. The normalized spacial score (nSPS) is 28.2. The number of ether oxygens (including phenoxy) is 2. The van der Waals surface area contributed by atoms with Crippen LogP contribution in [-0.2, 0) is 16.9 Å². The van der Waals surface area contributed by atoms with Crippen molar-refractivity contribution in [3.05, 3.63) is 59.7 Å². The van der Waals surface area contributed by atoms with Gasteiger partial charge in [0.25, 0.3) is 5.91 Å². The Bertz CT molecular complexity index is 1010. The molecule has 174 valence electrons. The van der Waals surface area contributed by atoms with Crippen LogP contribution in [0.2, 0.25) is 0 Å². The number of rotatable bonds is 6. The first-order valence-electron chi connectivity index (χ1n) is 12.3. The topological polar surface area (TPSA) is 71.0 Å². The number of nitrogens with one attached hydrogen (secondary N) is 1. The third kappa shape index (κ3) is 3.79. The number of nitrogens with zero attached hydrogens (tertiary/aromatic N) is 1. The molecule has 0 aromatic heterocycles. The molecule has 2 aromatic rings. The predicted octanol–water partition coefficient (Wildman–Crippen LogP) is 3.08. The van der Waals surface area contributed by atoms with Crippen molar-refractivity contribution >= 4 is 5.91 Å². The fourth-order valence-corrected chi connectivity index (χ4v) is 6.25. The molecule has 2 unspecified atom stereocenters. The van der Waals surface area contributed by atoms with Crippen molar-refractivity contribution in [2.45, 2.75) is 43.9 Å². The van der Waals surface area contributed by atoms with E-state index in [0.29, 0.717) is 25.0 Å². The van der Waals surface area contributed by atoms with Crippen LogP contribution in [0, 0.1) is 17.8 Å². The van der Waals surface area contributed by atoms with Crippen molar-refractivity contribution in [2.75, 3.05) is 26.3 Å². The van der Waals surface area contributed by atoms with Crippen molar-refractivity contribution in [1.82, 2.24) is 10.2 Å². The van der Waals surface area contributed by atoms with Crippen LogP contribution in [-0.4, -0.2) is 48.3 Å². The summed E-state index contributed by atoms with van der Waals surface area (Å²) in [6, 6.07) is 15.9. The van der Waals surface area contributed by atoms with Gasteiger partial charge in [0.15, 0.2) is 17.1 Å². The van der Waals surface area contributed by atoms with E-state index >= 15 is 0 Å². The highest BCUT2D eigenvalue weighted by Gasteiger charge is 2.58. The van der Waals surface area contributed by atoms with E-state index in [9.17, 15) is 9.90 Å². The summed E-state index contributed by atoms with van der Waals surface area (Å²) >= 11 is 0. The Kier molecular flexibility index (Phi) is 5.30. The van der Waals surface area contributed by atoms with Gasteiger partial charge in [-0.25, -0.2) is 0 Å². The molecule has 6 nitrogen and oxygen atoms in total. The summed E-state index contributed by atoms with van der Waals surface area (Å²) in [7, 11) is 0. The summed E-state index contributed by atoms with van der Waals surface area (Å²) < 4.78 is 11.3. The van der Waals surface area contributed by atoms with E-state index in [1.807, 2.05) is 36.4 Å². The quantitative estimate of drug-likeness (QED) is 0.711. The summed E-state index contributed by atoms with van der Waals surface area (Å²) in [5, 5.41) is 14.9. The number of carbonyl (C=O) groups excluding carboxylic acids is 1. The minimum Gasteiger partial charge on any atom is -0.486 e. The van der Waals surface area contributed by atoms with Gasteiger partial charge in [-0.05, 0) is 47.9 Å². The Hall–Kier alpha value is -2.57. The second kappa shape index (κ2) is 8.33. The molecule has 3 fully saturated rings. The van der Waals surface area contributed by atoms with Gasteiger partial charge in [0.1, 0.15) is 13.2 Å². The smallest absolute Gasteiger partial charge is 0.257 e. The van der Waals surface area contributed by atoms with Gasteiger partial charge >= 0.3 is 0 Å². The SMILES string of the molecule is O=C(NC1[C@H]2CN(Cc3ccc4c(c3)OCCO4)C[C@@H]12)C(O)(c1ccccc1)C1CCCC1. The number of piperidine rings is 1. The number of fused-ring (bicyclic) bond motifs is 2. The lowest BCUT2D eigenvalue weighted by Gasteiger charge is -2.33. The molecule has 33 heavy (non-hydrogen) atoms. The van der Waals surface area contributed by atoms with Crippen LogP contribution in [0.4, 0.5) is 0 Å². The maximum Gasteiger partial charge on any atom is 0.257 e. The van der Waals surface area contributed by atoms with Crippen LogP contribution in [0.15, 0.2) is 48.5 Å². The first-order valence-corrected chi connectivity index (χ1v) is 12.3. The van der Waals surface area contributed by atoms with Crippen molar-refractivity contribution in [3.8, 4) is 11.5 Å². The zero-order chi connectivity index (χ0) is 22.4. The van der Waals surface area contributed by atoms with E-state index in [1.54, 1.807) is 0 Å². The summed E-state index contributed by atoms with van der Waals surface area (Å²) in [6.45, 7) is 4.02. The minimum absolute atomic E-state index is 0.00908. The number of aliphatic hydroxyl groups is 1. The summed E-state index contributed by atoms with van der Waals surface area (Å²) in [6.07, 6.45) is 3.96. The van der Waals surface area contributed by atoms with E-state index in [4.69, 9.17) is 9.47 Å². The van der Waals surface area contributed by atoms with E-state index in [-0.39, 0.29) is 17.9 Å². The average molecular weight is 449 g/mol. The van der Waals surface area contributed by atoms with Gasteiger partial charge in [-0.1, -0.05) is 49.2 Å². The Labute approximate surface area is 194 Å². The maximum atomic E-state index is 13.4. The lowest BCUT2D eigenvalue weighted by atomic mass is 9.79. The fraction of sp³-hybridized carbons (Fsp3) is 0.519. The number of hydrogen-bond acceptors (Lipinski definition) is 5. The van der Waals surface area contributed by atoms with Gasteiger partial charge in [-0.15, -0.1) is 0 Å². The second-order valence-corrected chi connectivity index (χ2v) is 10.1. The molecule has 4 aliphatic rings. The van der Waals surface area contributed by atoms with Gasteiger partial charge in [0.2, 0.25) is 0 Å². The molecule has 0 bridgehead atoms. The Morgan fingerprint density at radius 1 is 1.00 bits per heavy atom. The largest absolute Gasteiger partial charge is 0.486 e. The molecule has 0 spiro atoms. The number of carbonyl (C=O) groups is 1. The molecule has 2 saturated carbocycles. The highest BCUT2D eigenvalue weighted by atomic mass is 16.6. The molecule has 2 aromatic carbocycles. The predicted molar refractivity (Wildman–Crippen MR) is 124 cm³/mol. The standard InChI is InChI=1S/C27H32N2O4/c30-26(27(31,20-8-4-5-9-20)19-6-2-1-3-7-19)28-25-21-16-29(17-22(21)25)15-18-10-11-23-24(14-18)33-13-12-32-23/h1-3,6-7,10-11,14,20-22,25,31H,4-5,8-9,12-13,15-17H2,(H,28,30)/t21-,22+,25?,27?. The summed E-state index contributed by atoms with van der Waals surface area (Å²) in [5.41, 5.74) is 0.515. The first-order chi connectivity index (χ1) is 16.1. The molecule has 1 amide bonds. The van der Waals surface area contributed by atoms with Gasteiger partial charge in [0, 0.05) is 31.6 Å². The zero-order valence-electron chi connectivity index (χ0n) is 18.9. The van der Waals surface area contributed by atoms with Crippen LogP contribution < -0.4 is 14.8 Å². The van der Waals surface area contributed by atoms with Crippen LogP contribution in [0.5, 0.6) is 11.5 Å². The van der Waals surface area contributed by atoms with Crippen molar-refractivity contribution in [1.29, 1.82) is 0 Å². The summed E-state index contributed by atoms with van der Waals surface area (Å²) in [4.78, 5) is 15.9. The lowest BCUT2D eigenvalue weighted by molar-refractivity contribution is -0.147.